The Labute approximate surface area is 170 Å². The van der Waals surface area contributed by atoms with Gasteiger partial charge in [0.05, 0.1) is 11.6 Å². The second kappa shape index (κ2) is 7.84. The van der Waals surface area contributed by atoms with Crippen LogP contribution in [0, 0.1) is 0 Å². The van der Waals surface area contributed by atoms with Crippen molar-refractivity contribution in [3.05, 3.63) is 63.4 Å². The van der Waals surface area contributed by atoms with Gasteiger partial charge in [-0.3, -0.25) is 4.79 Å². The summed E-state index contributed by atoms with van der Waals surface area (Å²) in [6.45, 7) is 1.58. The van der Waals surface area contributed by atoms with Gasteiger partial charge in [-0.15, -0.1) is 5.10 Å². The minimum absolute atomic E-state index is 0.0923. The van der Waals surface area contributed by atoms with E-state index < -0.39 is 23.7 Å². The first kappa shape index (κ1) is 20.2. The quantitative estimate of drug-likeness (QED) is 0.617. The van der Waals surface area contributed by atoms with Crippen molar-refractivity contribution in [1.29, 1.82) is 0 Å². The zero-order valence-electron chi connectivity index (χ0n) is 14.1. The molecule has 0 saturated heterocycles. The van der Waals surface area contributed by atoms with Crippen molar-refractivity contribution in [2.45, 2.75) is 19.1 Å². The molecular formula is C16H11BrClF3N6O. The van der Waals surface area contributed by atoms with Crippen molar-refractivity contribution in [3.63, 3.8) is 0 Å². The molecule has 0 spiro atoms. The fraction of sp³-hybridized carbons (Fsp3) is 0.188. The fourth-order valence-electron chi connectivity index (χ4n) is 2.35. The van der Waals surface area contributed by atoms with Crippen molar-refractivity contribution in [3.8, 4) is 5.95 Å². The molecule has 3 aromatic rings. The van der Waals surface area contributed by atoms with E-state index in [1.807, 2.05) is 0 Å². The van der Waals surface area contributed by atoms with E-state index in [9.17, 15) is 18.0 Å². The van der Waals surface area contributed by atoms with Gasteiger partial charge < -0.3 is 5.32 Å². The molecule has 0 radical (unpaired) electrons. The number of rotatable bonds is 4. The Balaban J connectivity index is 1.88. The van der Waals surface area contributed by atoms with E-state index in [0.29, 0.717) is 0 Å². The molecule has 28 heavy (non-hydrogen) atoms. The highest BCUT2D eigenvalue weighted by Gasteiger charge is 2.32. The van der Waals surface area contributed by atoms with E-state index in [1.54, 1.807) is 13.0 Å². The lowest BCUT2D eigenvalue weighted by Crippen LogP contribution is -2.29. The number of nitrogens with zero attached hydrogens (tertiary/aromatic N) is 5. The Morgan fingerprint density at radius 1 is 1.25 bits per heavy atom. The topological polar surface area (TPSA) is 85.6 Å². The Morgan fingerprint density at radius 2 is 1.93 bits per heavy atom. The normalized spacial score (nSPS) is 12.6. The molecule has 0 aliphatic carbocycles. The van der Waals surface area contributed by atoms with Gasteiger partial charge in [0.2, 0.25) is 5.28 Å². The molecule has 1 N–H and O–H groups in total. The third kappa shape index (κ3) is 4.47. The van der Waals surface area contributed by atoms with E-state index in [4.69, 9.17) is 11.6 Å². The van der Waals surface area contributed by atoms with Crippen molar-refractivity contribution in [2.75, 3.05) is 0 Å². The summed E-state index contributed by atoms with van der Waals surface area (Å²) in [5, 5.41) is 6.47. The number of hydrogen-bond acceptors (Lipinski definition) is 5. The summed E-state index contributed by atoms with van der Waals surface area (Å²) in [4.78, 5) is 24.6. The summed E-state index contributed by atoms with van der Waals surface area (Å²) >= 11 is 8.85. The second-order valence-corrected chi connectivity index (χ2v) is 6.87. The third-order valence-corrected chi connectivity index (χ3v) is 4.19. The predicted octanol–water partition coefficient (Wildman–Crippen LogP) is 3.98. The molecule has 3 rings (SSSR count). The van der Waals surface area contributed by atoms with Crippen LogP contribution in [-0.4, -0.2) is 30.6 Å². The molecule has 1 amide bonds. The Morgan fingerprint density at radius 3 is 2.57 bits per heavy atom. The number of halogens is 5. The number of alkyl halides is 3. The number of amides is 1. The van der Waals surface area contributed by atoms with Crippen LogP contribution in [-0.2, 0) is 6.18 Å². The zero-order valence-corrected chi connectivity index (χ0v) is 16.4. The minimum atomic E-state index is -4.58. The minimum Gasteiger partial charge on any atom is -0.342 e. The molecule has 0 aliphatic heterocycles. The SMILES string of the molecule is CC(NC(=O)c1cc(Br)cc(C(F)(F)F)c1)c1nc(Cl)nn1-c1ncccn1. The molecule has 12 heteroatoms. The molecule has 0 bridgehead atoms. The number of aromatic nitrogens is 5. The first-order chi connectivity index (χ1) is 13.1. The average molecular weight is 476 g/mol. The molecule has 1 unspecified atom stereocenters. The van der Waals surface area contributed by atoms with E-state index >= 15 is 0 Å². The molecule has 0 saturated carbocycles. The number of nitrogens with one attached hydrogen (secondary N) is 1. The van der Waals surface area contributed by atoms with Gasteiger partial charge in [-0.05, 0) is 42.8 Å². The fourth-order valence-corrected chi connectivity index (χ4v) is 3.01. The number of benzene rings is 1. The van der Waals surface area contributed by atoms with Crippen LogP contribution >= 0.6 is 27.5 Å². The Hall–Kier alpha value is -2.53. The predicted molar refractivity (Wildman–Crippen MR) is 97.0 cm³/mol. The molecule has 146 valence electrons. The lowest BCUT2D eigenvalue weighted by molar-refractivity contribution is -0.137. The Kier molecular flexibility index (Phi) is 5.66. The maximum atomic E-state index is 13.0. The molecule has 2 aromatic heterocycles. The van der Waals surface area contributed by atoms with Crippen LogP contribution < -0.4 is 5.32 Å². The average Bonchev–Trinajstić information content (AvgIpc) is 3.03. The number of hydrogen-bond donors (Lipinski definition) is 1. The smallest absolute Gasteiger partial charge is 0.342 e. The van der Waals surface area contributed by atoms with E-state index in [0.717, 1.165) is 12.1 Å². The molecule has 2 heterocycles. The van der Waals surface area contributed by atoms with Crippen molar-refractivity contribution in [1.82, 2.24) is 30.0 Å². The maximum Gasteiger partial charge on any atom is 0.416 e. The van der Waals surface area contributed by atoms with E-state index in [2.05, 4.69) is 41.3 Å². The number of carbonyl (C=O) groups excluding carboxylic acids is 1. The highest BCUT2D eigenvalue weighted by Crippen LogP contribution is 2.32. The van der Waals surface area contributed by atoms with Crippen LogP contribution in [0.3, 0.4) is 0 Å². The summed E-state index contributed by atoms with van der Waals surface area (Å²) in [5.41, 5.74) is -1.11. The summed E-state index contributed by atoms with van der Waals surface area (Å²) in [6.07, 6.45) is -1.60. The van der Waals surface area contributed by atoms with Gasteiger partial charge in [-0.2, -0.15) is 22.8 Å². The molecule has 7 nitrogen and oxygen atoms in total. The van der Waals surface area contributed by atoms with Gasteiger partial charge in [-0.25, -0.2) is 9.97 Å². The van der Waals surface area contributed by atoms with Crippen LogP contribution in [0.2, 0.25) is 5.28 Å². The van der Waals surface area contributed by atoms with Crippen molar-refractivity contribution < 1.29 is 18.0 Å². The van der Waals surface area contributed by atoms with Crippen molar-refractivity contribution in [2.24, 2.45) is 0 Å². The monoisotopic (exact) mass is 474 g/mol. The molecular weight excluding hydrogens is 465 g/mol. The van der Waals surface area contributed by atoms with Crippen LogP contribution in [0.5, 0.6) is 0 Å². The summed E-state index contributed by atoms with van der Waals surface area (Å²) in [7, 11) is 0. The highest BCUT2D eigenvalue weighted by atomic mass is 79.9. The highest BCUT2D eigenvalue weighted by molar-refractivity contribution is 9.10. The van der Waals surface area contributed by atoms with E-state index in [-0.39, 0.29) is 27.1 Å². The van der Waals surface area contributed by atoms with E-state index in [1.165, 1.54) is 23.1 Å². The van der Waals surface area contributed by atoms with Gasteiger partial charge in [0.1, 0.15) is 0 Å². The van der Waals surface area contributed by atoms with Gasteiger partial charge >= 0.3 is 6.18 Å². The van der Waals surface area contributed by atoms with Crippen LogP contribution in [0.1, 0.15) is 34.7 Å². The molecule has 0 aliphatic rings. The van der Waals surface area contributed by atoms with Crippen LogP contribution in [0.4, 0.5) is 13.2 Å². The first-order valence-corrected chi connectivity index (χ1v) is 8.91. The second-order valence-electron chi connectivity index (χ2n) is 5.62. The largest absolute Gasteiger partial charge is 0.416 e. The molecule has 0 fully saturated rings. The van der Waals surface area contributed by atoms with Gasteiger partial charge in [0.25, 0.3) is 11.9 Å². The third-order valence-electron chi connectivity index (χ3n) is 3.57. The van der Waals surface area contributed by atoms with Crippen molar-refractivity contribution >= 4 is 33.4 Å². The summed E-state index contributed by atoms with van der Waals surface area (Å²) < 4.78 is 40.3. The lowest BCUT2D eigenvalue weighted by Gasteiger charge is -2.15. The summed E-state index contributed by atoms with van der Waals surface area (Å²) in [6, 6.07) is 3.81. The standard InChI is InChI=1S/C16H11BrClF3N6O/c1-8(12-25-14(18)26-27(12)15-22-3-2-4-23-15)24-13(28)9-5-10(16(19,20)21)7-11(17)6-9/h2-8H,1H3,(H,24,28). The van der Waals surface area contributed by atoms with Gasteiger partial charge in [0, 0.05) is 22.4 Å². The van der Waals surface area contributed by atoms with Crippen LogP contribution in [0.15, 0.2) is 41.1 Å². The Bertz CT molecular complexity index is 1010. The van der Waals surface area contributed by atoms with Crippen LogP contribution in [0.25, 0.3) is 5.95 Å². The maximum absolute atomic E-state index is 13.0. The zero-order chi connectivity index (χ0) is 20.5. The first-order valence-electron chi connectivity index (χ1n) is 7.73. The molecule has 1 aromatic carbocycles. The van der Waals surface area contributed by atoms with Gasteiger partial charge in [0.15, 0.2) is 5.82 Å². The molecule has 1 atom stereocenters. The summed E-state index contributed by atoms with van der Waals surface area (Å²) in [5.74, 6) is -0.325. The lowest BCUT2D eigenvalue weighted by atomic mass is 10.1. The number of carbonyl (C=O) groups is 1. The van der Waals surface area contributed by atoms with Gasteiger partial charge in [-0.1, -0.05) is 15.9 Å².